The highest BCUT2D eigenvalue weighted by atomic mass is 79.9. The molecule has 0 unspecified atom stereocenters. The van der Waals surface area contributed by atoms with Gasteiger partial charge in [0.2, 0.25) is 0 Å². The molecule has 0 amide bonds. The Kier molecular flexibility index (Phi) is 4.30. The molecule has 11 heteroatoms. The second kappa shape index (κ2) is 5.66. The van der Waals surface area contributed by atoms with Crippen LogP contribution >= 0.6 is 31.9 Å². The number of hydrogen-bond donors (Lipinski definition) is 2. The lowest BCUT2D eigenvalue weighted by Crippen LogP contribution is -2.15. The van der Waals surface area contributed by atoms with Gasteiger partial charge in [0, 0.05) is 12.7 Å². The Morgan fingerprint density at radius 1 is 1.45 bits per heavy atom. The first-order chi connectivity index (χ1) is 9.33. The molecule has 0 saturated carbocycles. The van der Waals surface area contributed by atoms with Crippen molar-refractivity contribution < 1.29 is 8.42 Å². The Morgan fingerprint density at radius 2 is 2.15 bits per heavy atom. The third-order valence-electron chi connectivity index (χ3n) is 2.30. The third-order valence-corrected chi connectivity index (χ3v) is 4.59. The first kappa shape index (κ1) is 15.2. The zero-order valence-electron chi connectivity index (χ0n) is 10.2. The van der Waals surface area contributed by atoms with Gasteiger partial charge >= 0.3 is 0 Å². The van der Waals surface area contributed by atoms with Gasteiger partial charge in [0.1, 0.15) is 9.50 Å². The summed E-state index contributed by atoms with van der Waals surface area (Å²) in [7, 11) is -3.87. The highest BCUT2D eigenvalue weighted by molar-refractivity contribution is 9.11. The van der Waals surface area contributed by atoms with E-state index in [1.807, 2.05) is 6.92 Å². The zero-order chi connectivity index (χ0) is 14.9. The van der Waals surface area contributed by atoms with E-state index in [4.69, 9.17) is 5.73 Å². The van der Waals surface area contributed by atoms with Gasteiger partial charge in [0.15, 0.2) is 16.2 Å². The fraction of sp³-hybridized carbons (Fsp3) is 0.222. The quantitative estimate of drug-likeness (QED) is 0.768. The highest BCUT2D eigenvalue weighted by Crippen LogP contribution is 2.24. The number of anilines is 2. The summed E-state index contributed by atoms with van der Waals surface area (Å²) in [5.41, 5.74) is 5.61. The summed E-state index contributed by atoms with van der Waals surface area (Å²) in [6, 6.07) is 0. The molecule has 2 aromatic rings. The number of aromatic nitrogens is 4. The van der Waals surface area contributed by atoms with Gasteiger partial charge in [-0.05, 0) is 38.8 Å². The van der Waals surface area contributed by atoms with E-state index in [2.05, 4.69) is 51.6 Å². The second-order valence-corrected chi connectivity index (χ2v) is 6.89. The molecule has 20 heavy (non-hydrogen) atoms. The normalized spacial score (nSPS) is 11.6. The molecule has 2 heterocycles. The van der Waals surface area contributed by atoms with E-state index in [1.54, 1.807) is 0 Å². The molecule has 0 aliphatic carbocycles. The lowest BCUT2D eigenvalue weighted by atomic mass is 10.6. The molecule has 8 nitrogen and oxygen atoms in total. The number of hydrogen-bond acceptors (Lipinski definition) is 6. The first-order valence-electron chi connectivity index (χ1n) is 5.37. The van der Waals surface area contributed by atoms with Gasteiger partial charge in [0.25, 0.3) is 10.0 Å². The third kappa shape index (κ3) is 3.10. The number of halogens is 2. The molecule has 0 aliphatic rings. The zero-order valence-corrected chi connectivity index (χ0v) is 14.2. The summed E-state index contributed by atoms with van der Waals surface area (Å²) in [5, 5.41) is 3.89. The maximum atomic E-state index is 12.2. The fourth-order valence-electron chi connectivity index (χ4n) is 1.38. The largest absolute Gasteiger partial charge is 0.381 e. The molecule has 0 fully saturated rings. The number of nitrogens with one attached hydrogen (secondary N) is 1. The van der Waals surface area contributed by atoms with Crippen LogP contribution in [0.2, 0.25) is 0 Å². The van der Waals surface area contributed by atoms with Crippen molar-refractivity contribution in [3.05, 3.63) is 21.6 Å². The van der Waals surface area contributed by atoms with Crippen LogP contribution in [0.4, 0.5) is 11.6 Å². The average molecular weight is 426 g/mol. The van der Waals surface area contributed by atoms with Gasteiger partial charge in [-0.1, -0.05) is 0 Å². The number of sulfonamides is 1. The second-order valence-electron chi connectivity index (χ2n) is 3.67. The van der Waals surface area contributed by atoms with Crippen LogP contribution in [0.5, 0.6) is 0 Å². The summed E-state index contributed by atoms with van der Waals surface area (Å²) in [6.45, 7) is 2.34. The Hall–Kier alpha value is -1.20. The van der Waals surface area contributed by atoms with Crippen LogP contribution in [0.15, 0.2) is 26.5 Å². The van der Waals surface area contributed by atoms with E-state index in [9.17, 15) is 8.42 Å². The molecule has 3 N–H and O–H groups in total. The Bertz CT molecular complexity index is 745. The standard InChI is InChI=1S/C9H10Br2N6O2S/c1-2-17-4-5(8(12)15-17)20(18,19)16-9-7(11)14-6(10)3-13-9/h3-4H,2H2,1H3,(H2,12,15)(H,13,16). The molecule has 108 valence electrons. The van der Waals surface area contributed by atoms with Crippen molar-refractivity contribution in [2.45, 2.75) is 18.4 Å². The number of nitrogens with two attached hydrogens (primary N) is 1. The van der Waals surface area contributed by atoms with Gasteiger partial charge in [-0.15, -0.1) is 0 Å². The molecular formula is C9H10Br2N6O2S. The predicted octanol–water partition coefficient (Wildman–Crippen LogP) is 1.60. The molecule has 2 aromatic heterocycles. The molecule has 0 atom stereocenters. The van der Waals surface area contributed by atoms with Crippen LogP contribution in [0, 0.1) is 0 Å². The van der Waals surface area contributed by atoms with Crippen LogP contribution in [-0.2, 0) is 16.6 Å². The van der Waals surface area contributed by atoms with Crippen LogP contribution in [-0.4, -0.2) is 28.2 Å². The SMILES string of the molecule is CCn1cc(S(=O)(=O)Nc2ncc(Br)nc2Br)c(N)n1. The molecule has 0 aromatic carbocycles. The van der Waals surface area contributed by atoms with Gasteiger partial charge in [-0.25, -0.2) is 18.4 Å². The van der Waals surface area contributed by atoms with Crippen molar-refractivity contribution in [1.29, 1.82) is 0 Å². The minimum Gasteiger partial charge on any atom is -0.381 e. The number of nitrogens with zero attached hydrogens (tertiary/aromatic N) is 4. The van der Waals surface area contributed by atoms with Crippen LogP contribution in [0.1, 0.15) is 6.92 Å². The first-order valence-corrected chi connectivity index (χ1v) is 8.44. The van der Waals surface area contributed by atoms with E-state index < -0.39 is 10.0 Å². The Morgan fingerprint density at radius 3 is 2.70 bits per heavy atom. The van der Waals surface area contributed by atoms with Crippen molar-refractivity contribution in [2.24, 2.45) is 0 Å². The molecular weight excluding hydrogens is 416 g/mol. The van der Waals surface area contributed by atoms with Crippen molar-refractivity contribution in [3.63, 3.8) is 0 Å². The van der Waals surface area contributed by atoms with E-state index in [-0.39, 0.29) is 21.1 Å². The summed E-state index contributed by atoms with van der Waals surface area (Å²) >= 11 is 6.26. The number of aryl methyl sites for hydroxylation is 1. The van der Waals surface area contributed by atoms with Gasteiger partial charge in [-0.3, -0.25) is 9.40 Å². The molecule has 0 saturated heterocycles. The highest BCUT2D eigenvalue weighted by Gasteiger charge is 2.23. The summed E-state index contributed by atoms with van der Waals surface area (Å²) in [6.07, 6.45) is 2.74. The average Bonchev–Trinajstić information content (AvgIpc) is 2.75. The van der Waals surface area contributed by atoms with Crippen LogP contribution in [0.25, 0.3) is 0 Å². The van der Waals surface area contributed by atoms with Crippen molar-refractivity contribution in [1.82, 2.24) is 19.7 Å². The molecule has 0 aliphatic heterocycles. The number of nitrogen functional groups attached to an aromatic ring is 1. The summed E-state index contributed by atoms with van der Waals surface area (Å²) in [4.78, 5) is 7.82. The van der Waals surface area contributed by atoms with Crippen molar-refractivity contribution >= 4 is 53.5 Å². The van der Waals surface area contributed by atoms with E-state index in [0.717, 1.165) is 0 Å². The van der Waals surface area contributed by atoms with E-state index in [1.165, 1.54) is 17.1 Å². The predicted molar refractivity (Wildman–Crippen MR) is 80.6 cm³/mol. The van der Waals surface area contributed by atoms with Gasteiger partial charge in [-0.2, -0.15) is 5.10 Å². The van der Waals surface area contributed by atoms with Crippen LogP contribution < -0.4 is 10.5 Å². The van der Waals surface area contributed by atoms with E-state index in [0.29, 0.717) is 11.1 Å². The topological polar surface area (TPSA) is 116 Å². The maximum absolute atomic E-state index is 12.2. The van der Waals surface area contributed by atoms with Crippen LogP contribution in [0.3, 0.4) is 0 Å². The lowest BCUT2D eigenvalue weighted by Gasteiger charge is -2.07. The van der Waals surface area contributed by atoms with E-state index >= 15 is 0 Å². The van der Waals surface area contributed by atoms with Gasteiger partial charge in [0.05, 0.1) is 6.20 Å². The van der Waals surface area contributed by atoms with Crippen molar-refractivity contribution in [2.75, 3.05) is 10.5 Å². The monoisotopic (exact) mass is 424 g/mol. The Balaban J connectivity index is 2.38. The minimum atomic E-state index is -3.87. The van der Waals surface area contributed by atoms with Gasteiger partial charge < -0.3 is 5.73 Å². The van der Waals surface area contributed by atoms with Crippen molar-refractivity contribution in [3.8, 4) is 0 Å². The Labute approximate surface area is 132 Å². The molecule has 2 rings (SSSR count). The summed E-state index contributed by atoms with van der Waals surface area (Å²) < 4.78 is 29.0. The molecule has 0 spiro atoms. The minimum absolute atomic E-state index is 0.0665. The maximum Gasteiger partial charge on any atom is 0.268 e. The smallest absolute Gasteiger partial charge is 0.268 e. The summed E-state index contributed by atoms with van der Waals surface area (Å²) in [5.74, 6) is -0.00242. The lowest BCUT2D eigenvalue weighted by molar-refractivity contribution is 0.600. The molecule has 0 bridgehead atoms. The number of rotatable bonds is 4. The molecule has 0 radical (unpaired) electrons. The fourth-order valence-corrected chi connectivity index (χ4v) is 3.52.